The summed E-state index contributed by atoms with van der Waals surface area (Å²) >= 11 is 0. The molecule has 0 heterocycles. The summed E-state index contributed by atoms with van der Waals surface area (Å²) in [6, 6.07) is 42.3. The van der Waals surface area contributed by atoms with Crippen molar-refractivity contribution in [2.45, 2.75) is 5.41 Å². The third-order valence-corrected chi connectivity index (χ3v) is 6.40. The van der Waals surface area contributed by atoms with Crippen molar-refractivity contribution in [3.63, 3.8) is 0 Å². The van der Waals surface area contributed by atoms with Gasteiger partial charge in [-0.25, -0.2) is 0 Å². The van der Waals surface area contributed by atoms with E-state index >= 15 is 0 Å². The molecular weight excluding hydrogens is 428 g/mol. The first-order valence-electron chi connectivity index (χ1n) is 11.6. The summed E-state index contributed by atoms with van der Waals surface area (Å²) < 4.78 is 11.1. The number of hydrogen-bond donors (Lipinski definition) is 0. The number of fused-ring (bicyclic) bond motifs is 1. The molecule has 0 N–H and O–H groups in total. The second kappa shape index (κ2) is 9.74. The highest BCUT2D eigenvalue weighted by molar-refractivity contribution is 5.84. The fourth-order valence-corrected chi connectivity index (χ4v) is 4.87. The lowest BCUT2D eigenvalue weighted by atomic mass is 9.65. The summed E-state index contributed by atoms with van der Waals surface area (Å²) in [7, 11) is 0. The number of rotatable bonds is 8. The fourth-order valence-electron chi connectivity index (χ4n) is 4.87. The summed E-state index contributed by atoms with van der Waals surface area (Å²) in [6.07, 6.45) is 2.89. The zero-order valence-electron chi connectivity index (χ0n) is 19.4. The molecule has 0 saturated heterocycles. The predicted octanol–water partition coefficient (Wildman–Crippen LogP) is 8.27. The molecule has 2 nitrogen and oxygen atoms in total. The maximum Gasteiger partial charge on any atom is 0.126 e. The van der Waals surface area contributed by atoms with Crippen LogP contribution < -0.4 is 9.47 Å². The Balaban J connectivity index is 1.84. The molecule has 0 amide bonds. The van der Waals surface area contributed by atoms with E-state index in [0.29, 0.717) is 0 Å². The van der Waals surface area contributed by atoms with Gasteiger partial charge in [0.15, 0.2) is 0 Å². The van der Waals surface area contributed by atoms with Crippen LogP contribution in [-0.4, -0.2) is 0 Å². The van der Waals surface area contributed by atoms with Crippen LogP contribution in [0.4, 0.5) is 0 Å². The Hall–Kier alpha value is -4.56. The highest BCUT2D eigenvalue weighted by Crippen LogP contribution is 2.46. The van der Waals surface area contributed by atoms with Crippen LogP contribution in [0.2, 0.25) is 0 Å². The molecule has 0 radical (unpaired) electrons. The monoisotopic (exact) mass is 454 g/mol. The van der Waals surface area contributed by atoms with E-state index in [-0.39, 0.29) is 0 Å². The first kappa shape index (κ1) is 22.2. The molecule has 5 aromatic rings. The lowest BCUT2D eigenvalue weighted by Gasteiger charge is -2.37. The van der Waals surface area contributed by atoms with Gasteiger partial charge in [-0.1, -0.05) is 104 Å². The second-order valence-electron chi connectivity index (χ2n) is 8.30. The van der Waals surface area contributed by atoms with Gasteiger partial charge in [-0.05, 0) is 63.4 Å². The highest BCUT2D eigenvalue weighted by Gasteiger charge is 2.38. The summed E-state index contributed by atoms with van der Waals surface area (Å²) in [5.41, 5.74) is 4.05. The first-order valence-corrected chi connectivity index (χ1v) is 11.6. The molecule has 170 valence electrons. The fraction of sp³-hybridized carbons (Fsp3) is 0.0303. The van der Waals surface area contributed by atoms with Gasteiger partial charge in [0.05, 0.1) is 17.9 Å². The van der Waals surface area contributed by atoms with E-state index in [1.807, 2.05) is 24.3 Å². The SMILES string of the molecule is C=COc1ccc(C(c2ccccc2)(c2ccc(OC=C)cc2)c2ccc3ccccc3c2)cc1. The molecule has 0 saturated carbocycles. The molecule has 0 aliphatic heterocycles. The molecule has 0 aliphatic rings. The lowest BCUT2D eigenvalue weighted by Crippen LogP contribution is -2.31. The Kier molecular flexibility index (Phi) is 6.19. The van der Waals surface area contributed by atoms with E-state index in [1.165, 1.54) is 34.4 Å². The third kappa shape index (κ3) is 4.11. The van der Waals surface area contributed by atoms with Crippen LogP contribution in [-0.2, 0) is 5.41 Å². The molecule has 5 aromatic carbocycles. The van der Waals surface area contributed by atoms with Gasteiger partial charge in [0.2, 0.25) is 0 Å². The maximum atomic E-state index is 5.53. The van der Waals surface area contributed by atoms with Crippen molar-refractivity contribution < 1.29 is 9.47 Å². The van der Waals surface area contributed by atoms with Crippen LogP contribution >= 0.6 is 0 Å². The van der Waals surface area contributed by atoms with Gasteiger partial charge in [0.25, 0.3) is 0 Å². The lowest BCUT2D eigenvalue weighted by molar-refractivity contribution is 0.482. The minimum Gasteiger partial charge on any atom is -0.466 e. The van der Waals surface area contributed by atoms with Gasteiger partial charge in [-0.15, -0.1) is 0 Å². The van der Waals surface area contributed by atoms with Crippen molar-refractivity contribution in [2.75, 3.05) is 0 Å². The standard InChI is InChI=1S/C33H26O2/c1-3-34-31-20-16-28(17-21-31)33(27-12-6-5-7-13-27,29-18-22-32(23-19-29)35-4-2)30-15-14-25-10-8-9-11-26(25)24-30/h3-24H,1-2H2. The third-order valence-electron chi connectivity index (χ3n) is 6.40. The van der Waals surface area contributed by atoms with Gasteiger partial charge < -0.3 is 9.47 Å². The van der Waals surface area contributed by atoms with Gasteiger partial charge >= 0.3 is 0 Å². The first-order chi connectivity index (χ1) is 17.3. The van der Waals surface area contributed by atoms with E-state index in [9.17, 15) is 0 Å². The smallest absolute Gasteiger partial charge is 0.126 e. The Morgan fingerprint density at radius 2 is 0.914 bits per heavy atom. The molecule has 0 bridgehead atoms. The quantitative estimate of drug-likeness (QED) is 0.173. The van der Waals surface area contributed by atoms with Gasteiger partial charge in [0, 0.05) is 0 Å². The van der Waals surface area contributed by atoms with Crippen LogP contribution in [0, 0.1) is 0 Å². The zero-order valence-corrected chi connectivity index (χ0v) is 19.4. The molecule has 2 heteroatoms. The van der Waals surface area contributed by atoms with Gasteiger partial charge in [0.1, 0.15) is 11.5 Å². The molecule has 35 heavy (non-hydrogen) atoms. The Bertz CT molecular complexity index is 1400. The minimum absolute atomic E-state index is 0.565. The minimum atomic E-state index is -0.565. The Labute approximate surface area is 206 Å². The molecule has 0 aromatic heterocycles. The summed E-state index contributed by atoms with van der Waals surface area (Å²) in [6.45, 7) is 7.36. The van der Waals surface area contributed by atoms with Gasteiger partial charge in [-0.3, -0.25) is 0 Å². The summed E-state index contributed by atoms with van der Waals surface area (Å²) in [5, 5.41) is 2.41. The van der Waals surface area contributed by atoms with Crippen molar-refractivity contribution in [2.24, 2.45) is 0 Å². The summed E-state index contributed by atoms with van der Waals surface area (Å²) in [5.74, 6) is 1.50. The van der Waals surface area contributed by atoms with E-state index in [1.54, 1.807) is 0 Å². The maximum absolute atomic E-state index is 5.53. The van der Waals surface area contributed by atoms with Crippen LogP contribution in [0.5, 0.6) is 11.5 Å². The molecule has 5 rings (SSSR count). The van der Waals surface area contributed by atoms with E-state index in [0.717, 1.165) is 22.6 Å². The molecule has 0 fully saturated rings. The largest absolute Gasteiger partial charge is 0.466 e. The van der Waals surface area contributed by atoms with Crippen molar-refractivity contribution in [3.8, 4) is 11.5 Å². The van der Waals surface area contributed by atoms with Crippen LogP contribution in [0.15, 0.2) is 147 Å². The molecule has 0 unspecified atom stereocenters. The van der Waals surface area contributed by atoms with Crippen molar-refractivity contribution in [1.82, 2.24) is 0 Å². The van der Waals surface area contributed by atoms with Gasteiger partial charge in [-0.2, -0.15) is 0 Å². The van der Waals surface area contributed by atoms with Crippen LogP contribution in [0.3, 0.4) is 0 Å². The normalized spacial score (nSPS) is 11.1. The van der Waals surface area contributed by atoms with Crippen LogP contribution in [0.25, 0.3) is 10.8 Å². The van der Waals surface area contributed by atoms with Crippen LogP contribution in [0.1, 0.15) is 22.3 Å². The van der Waals surface area contributed by atoms with Crippen molar-refractivity contribution in [1.29, 1.82) is 0 Å². The average molecular weight is 455 g/mol. The molecule has 0 atom stereocenters. The highest BCUT2D eigenvalue weighted by atomic mass is 16.5. The zero-order chi connectivity index (χ0) is 24.1. The molecule has 0 aliphatic carbocycles. The number of benzene rings is 5. The predicted molar refractivity (Wildman–Crippen MR) is 144 cm³/mol. The second-order valence-corrected chi connectivity index (χ2v) is 8.30. The Morgan fingerprint density at radius 3 is 1.46 bits per heavy atom. The summed E-state index contributed by atoms with van der Waals surface area (Å²) in [4.78, 5) is 0. The molecular formula is C33H26O2. The molecule has 0 spiro atoms. The van der Waals surface area contributed by atoms with E-state index in [4.69, 9.17) is 9.47 Å². The van der Waals surface area contributed by atoms with E-state index < -0.39 is 5.41 Å². The average Bonchev–Trinajstić information content (AvgIpc) is 2.92. The van der Waals surface area contributed by atoms with E-state index in [2.05, 4.69) is 110 Å². The number of ether oxygens (including phenoxy) is 2. The Morgan fingerprint density at radius 1 is 0.457 bits per heavy atom. The van der Waals surface area contributed by atoms with Crippen molar-refractivity contribution in [3.05, 3.63) is 169 Å². The number of hydrogen-bond acceptors (Lipinski definition) is 2. The topological polar surface area (TPSA) is 18.5 Å². The van der Waals surface area contributed by atoms with Crippen molar-refractivity contribution >= 4 is 10.8 Å².